The van der Waals surface area contributed by atoms with E-state index < -0.39 is 0 Å². The zero-order valence-electron chi connectivity index (χ0n) is 8.27. The lowest BCUT2D eigenvalue weighted by Crippen LogP contribution is -1.96. The van der Waals surface area contributed by atoms with E-state index in [0.717, 1.165) is 19.3 Å². The highest BCUT2D eigenvalue weighted by atomic mass is 16.3. The van der Waals surface area contributed by atoms with Gasteiger partial charge in [0.1, 0.15) is 0 Å². The molecular weight excluding hydrogens is 148 g/mol. The Morgan fingerprint density at radius 2 is 1.83 bits per heavy atom. The van der Waals surface area contributed by atoms with Gasteiger partial charge in [0.2, 0.25) is 0 Å². The fraction of sp³-hybridized carbons (Fsp3) is 0.818. The molecule has 1 atom stereocenters. The van der Waals surface area contributed by atoms with Crippen LogP contribution in [0.4, 0.5) is 0 Å². The summed E-state index contributed by atoms with van der Waals surface area (Å²) in [5.41, 5.74) is 0. The van der Waals surface area contributed by atoms with Crippen molar-refractivity contribution in [3.8, 4) is 11.8 Å². The second-order valence-electron chi connectivity index (χ2n) is 3.20. The Hall–Kier alpha value is -0.480. The first-order chi connectivity index (χ1) is 5.77. The van der Waals surface area contributed by atoms with Crippen LogP contribution >= 0.6 is 0 Å². The summed E-state index contributed by atoms with van der Waals surface area (Å²) >= 11 is 0. The molecule has 0 bridgehead atoms. The van der Waals surface area contributed by atoms with Gasteiger partial charge >= 0.3 is 0 Å². The maximum Gasteiger partial charge on any atom is 0.0521 e. The summed E-state index contributed by atoms with van der Waals surface area (Å²) in [5, 5.41) is 8.93. The molecule has 12 heavy (non-hydrogen) atoms. The largest absolute Gasteiger partial charge is 0.393 e. The SMILES string of the molecule is CCCCCC#CCC[C@H](C)O. The zero-order valence-corrected chi connectivity index (χ0v) is 8.27. The Labute approximate surface area is 76.2 Å². The van der Waals surface area contributed by atoms with Gasteiger partial charge < -0.3 is 5.11 Å². The lowest BCUT2D eigenvalue weighted by Gasteiger charge is -1.96. The maximum atomic E-state index is 8.93. The number of unbranched alkanes of at least 4 members (excludes halogenated alkanes) is 3. The van der Waals surface area contributed by atoms with E-state index in [4.69, 9.17) is 5.11 Å². The lowest BCUT2D eigenvalue weighted by molar-refractivity contribution is 0.186. The molecule has 0 aromatic heterocycles. The molecule has 1 nitrogen and oxygen atoms in total. The van der Waals surface area contributed by atoms with Gasteiger partial charge in [-0.15, -0.1) is 11.8 Å². The predicted molar refractivity (Wildman–Crippen MR) is 52.8 cm³/mol. The van der Waals surface area contributed by atoms with E-state index >= 15 is 0 Å². The molecular formula is C11H20O. The van der Waals surface area contributed by atoms with Crippen LogP contribution in [-0.4, -0.2) is 11.2 Å². The summed E-state index contributed by atoms with van der Waals surface area (Å²) in [4.78, 5) is 0. The van der Waals surface area contributed by atoms with Gasteiger partial charge in [0.15, 0.2) is 0 Å². The molecule has 0 radical (unpaired) electrons. The Morgan fingerprint density at radius 3 is 2.42 bits per heavy atom. The van der Waals surface area contributed by atoms with Crippen LogP contribution in [0.3, 0.4) is 0 Å². The molecule has 0 aliphatic heterocycles. The topological polar surface area (TPSA) is 20.2 Å². The second kappa shape index (κ2) is 8.62. The average Bonchev–Trinajstić information content (AvgIpc) is 2.02. The van der Waals surface area contributed by atoms with Crippen molar-refractivity contribution in [3.63, 3.8) is 0 Å². The summed E-state index contributed by atoms with van der Waals surface area (Å²) < 4.78 is 0. The van der Waals surface area contributed by atoms with E-state index in [1.807, 2.05) is 0 Å². The molecule has 1 heteroatoms. The van der Waals surface area contributed by atoms with Crippen molar-refractivity contribution in [1.29, 1.82) is 0 Å². The number of hydrogen-bond donors (Lipinski definition) is 1. The summed E-state index contributed by atoms with van der Waals surface area (Å²) in [6.07, 6.45) is 6.23. The number of hydrogen-bond acceptors (Lipinski definition) is 1. The third-order valence-electron chi connectivity index (χ3n) is 1.72. The molecule has 0 spiro atoms. The predicted octanol–water partition coefficient (Wildman–Crippen LogP) is 2.73. The molecule has 0 unspecified atom stereocenters. The van der Waals surface area contributed by atoms with Gasteiger partial charge in [0.25, 0.3) is 0 Å². The quantitative estimate of drug-likeness (QED) is 0.494. The van der Waals surface area contributed by atoms with Gasteiger partial charge in [-0.2, -0.15) is 0 Å². The molecule has 0 saturated carbocycles. The molecule has 0 heterocycles. The number of rotatable bonds is 5. The Bertz CT molecular complexity index is 139. The minimum Gasteiger partial charge on any atom is -0.393 e. The first-order valence-corrected chi connectivity index (χ1v) is 4.91. The number of aliphatic hydroxyl groups is 1. The monoisotopic (exact) mass is 168 g/mol. The van der Waals surface area contributed by atoms with Crippen molar-refractivity contribution in [3.05, 3.63) is 0 Å². The van der Waals surface area contributed by atoms with Crippen LogP contribution in [0.15, 0.2) is 0 Å². The van der Waals surface area contributed by atoms with E-state index in [9.17, 15) is 0 Å². The highest BCUT2D eigenvalue weighted by Gasteiger charge is 1.90. The van der Waals surface area contributed by atoms with Gasteiger partial charge in [-0.3, -0.25) is 0 Å². The minimum atomic E-state index is -0.199. The molecule has 0 amide bonds. The molecule has 0 aromatic carbocycles. The number of aliphatic hydroxyl groups excluding tert-OH is 1. The third-order valence-corrected chi connectivity index (χ3v) is 1.72. The average molecular weight is 168 g/mol. The van der Waals surface area contributed by atoms with E-state index in [1.165, 1.54) is 19.3 Å². The van der Waals surface area contributed by atoms with Crippen LogP contribution in [0.5, 0.6) is 0 Å². The lowest BCUT2D eigenvalue weighted by atomic mass is 10.2. The van der Waals surface area contributed by atoms with E-state index in [-0.39, 0.29) is 6.10 Å². The van der Waals surface area contributed by atoms with Crippen molar-refractivity contribution in [2.24, 2.45) is 0 Å². The Kier molecular flexibility index (Phi) is 8.27. The molecule has 0 saturated heterocycles. The van der Waals surface area contributed by atoms with Crippen molar-refractivity contribution >= 4 is 0 Å². The van der Waals surface area contributed by atoms with E-state index in [2.05, 4.69) is 18.8 Å². The van der Waals surface area contributed by atoms with Crippen molar-refractivity contribution < 1.29 is 5.11 Å². The normalized spacial score (nSPS) is 11.9. The summed E-state index contributed by atoms with van der Waals surface area (Å²) in [6.45, 7) is 4.00. The molecule has 0 aliphatic carbocycles. The van der Waals surface area contributed by atoms with Gasteiger partial charge in [0, 0.05) is 12.8 Å². The molecule has 0 rings (SSSR count). The molecule has 0 aromatic rings. The highest BCUT2D eigenvalue weighted by Crippen LogP contribution is 1.98. The zero-order chi connectivity index (χ0) is 9.23. The smallest absolute Gasteiger partial charge is 0.0521 e. The fourth-order valence-corrected chi connectivity index (χ4v) is 0.921. The van der Waals surface area contributed by atoms with Gasteiger partial charge in [-0.05, 0) is 19.8 Å². The van der Waals surface area contributed by atoms with Crippen LogP contribution in [0, 0.1) is 11.8 Å². The maximum absolute atomic E-state index is 8.93. The van der Waals surface area contributed by atoms with Crippen LogP contribution in [0.25, 0.3) is 0 Å². The van der Waals surface area contributed by atoms with E-state index in [0.29, 0.717) is 0 Å². The molecule has 1 N–H and O–H groups in total. The third kappa shape index (κ3) is 9.52. The van der Waals surface area contributed by atoms with Crippen molar-refractivity contribution in [1.82, 2.24) is 0 Å². The summed E-state index contributed by atoms with van der Waals surface area (Å²) in [7, 11) is 0. The van der Waals surface area contributed by atoms with Crippen LogP contribution in [0.1, 0.15) is 52.4 Å². The van der Waals surface area contributed by atoms with E-state index in [1.54, 1.807) is 6.92 Å². The first-order valence-electron chi connectivity index (χ1n) is 4.91. The Morgan fingerprint density at radius 1 is 1.17 bits per heavy atom. The molecule has 0 fully saturated rings. The molecule has 0 aliphatic rings. The van der Waals surface area contributed by atoms with Crippen LogP contribution in [-0.2, 0) is 0 Å². The standard InChI is InChI=1S/C11H20O/c1-3-4-5-6-7-8-9-10-11(2)12/h11-12H,3-6,9-10H2,1-2H3/t11-/m0/s1. The Balaban J connectivity index is 3.12. The highest BCUT2D eigenvalue weighted by molar-refractivity contribution is 4.98. The van der Waals surface area contributed by atoms with Gasteiger partial charge in [-0.1, -0.05) is 19.8 Å². The van der Waals surface area contributed by atoms with Gasteiger partial charge in [-0.25, -0.2) is 0 Å². The second-order valence-corrected chi connectivity index (χ2v) is 3.20. The summed E-state index contributed by atoms with van der Waals surface area (Å²) in [5.74, 6) is 6.18. The van der Waals surface area contributed by atoms with Crippen LogP contribution < -0.4 is 0 Å². The van der Waals surface area contributed by atoms with Crippen molar-refractivity contribution in [2.75, 3.05) is 0 Å². The minimum absolute atomic E-state index is 0.199. The van der Waals surface area contributed by atoms with Crippen LogP contribution in [0.2, 0.25) is 0 Å². The summed E-state index contributed by atoms with van der Waals surface area (Å²) in [6, 6.07) is 0. The first kappa shape index (κ1) is 11.5. The van der Waals surface area contributed by atoms with Gasteiger partial charge in [0.05, 0.1) is 6.10 Å². The fourth-order valence-electron chi connectivity index (χ4n) is 0.921. The van der Waals surface area contributed by atoms with Crippen molar-refractivity contribution in [2.45, 2.75) is 58.5 Å². The molecule has 70 valence electrons.